The Kier molecular flexibility index (Phi) is 13.0. The summed E-state index contributed by atoms with van der Waals surface area (Å²) in [6.45, 7) is 10.6. The maximum Gasteiger partial charge on any atom is 0.412 e. The summed E-state index contributed by atoms with van der Waals surface area (Å²) in [5.41, 5.74) is 3.00. The van der Waals surface area contributed by atoms with Crippen LogP contribution >= 0.6 is 0 Å². The lowest BCUT2D eigenvalue weighted by molar-refractivity contribution is -0.256. The Labute approximate surface area is 325 Å². The molecule has 4 aliphatic rings. The van der Waals surface area contributed by atoms with E-state index >= 15 is 0 Å². The molecule has 2 amide bonds. The molecule has 2 aromatic carbocycles. The quantitative estimate of drug-likeness (QED) is 0.0870. The number of unbranched alkanes of at least 4 members (excludes halogenated alkanes) is 2. The number of aliphatic hydroxyl groups excluding tert-OH is 2. The van der Waals surface area contributed by atoms with Crippen molar-refractivity contribution < 1.29 is 38.9 Å². The molecule has 2 aromatic rings. The molecule has 0 spiro atoms. The van der Waals surface area contributed by atoms with Crippen LogP contribution in [-0.4, -0.2) is 77.1 Å². The van der Waals surface area contributed by atoms with Gasteiger partial charge in [-0.1, -0.05) is 60.5 Å². The SMILES string of the molecule is C=CCO[C@@]12Oc3ccc(OC(=O)NCc4ccccc4)cc3[C@H]3[C@H](CCCCO)[C@@H](CCCCO)C=C(C(=NOC(C)(C)C)C[C@@H]1N(C)C(=O)C1CC1)[C@H]32. The maximum atomic E-state index is 14.0. The van der Waals surface area contributed by atoms with Crippen LogP contribution in [0, 0.1) is 23.7 Å². The number of ether oxygens (including phenoxy) is 3. The number of amides is 2. The minimum Gasteiger partial charge on any atom is -0.459 e. The van der Waals surface area contributed by atoms with E-state index in [-0.39, 0.29) is 49.4 Å². The van der Waals surface area contributed by atoms with Gasteiger partial charge in [0.1, 0.15) is 23.1 Å². The average Bonchev–Trinajstić information content (AvgIpc) is 4.02. The molecule has 55 heavy (non-hydrogen) atoms. The van der Waals surface area contributed by atoms with Crippen LogP contribution in [0.3, 0.4) is 0 Å². The van der Waals surface area contributed by atoms with Crippen molar-refractivity contribution >= 4 is 17.7 Å². The number of carbonyl (C=O) groups excluding carboxylic acids is 2. The third-order valence-corrected chi connectivity index (χ3v) is 11.3. The second kappa shape index (κ2) is 17.7. The second-order valence-corrected chi connectivity index (χ2v) is 16.4. The van der Waals surface area contributed by atoms with Crippen molar-refractivity contribution in [3.8, 4) is 11.5 Å². The molecule has 6 rings (SSSR count). The number of aliphatic hydroxyl groups is 2. The van der Waals surface area contributed by atoms with Crippen molar-refractivity contribution in [3.05, 3.63) is 84.0 Å². The molecule has 1 heterocycles. The van der Waals surface area contributed by atoms with Crippen LogP contribution in [0.1, 0.15) is 95.6 Å². The number of allylic oxidation sites excluding steroid dienone is 1. The summed E-state index contributed by atoms with van der Waals surface area (Å²) in [6, 6.07) is 14.6. The summed E-state index contributed by atoms with van der Waals surface area (Å²) >= 11 is 0. The lowest BCUT2D eigenvalue weighted by atomic mass is 9.55. The molecule has 1 aliphatic heterocycles. The number of nitrogens with one attached hydrogen (secondary N) is 1. The van der Waals surface area contributed by atoms with Gasteiger partial charge in [0, 0.05) is 50.6 Å². The van der Waals surface area contributed by atoms with Gasteiger partial charge in [0.15, 0.2) is 0 Å². The molecular formula is C44H59N3O8. The Morgan fingerprint density at radius 3 is 2.45 bits per heavy atom. The van der Waals surface area contributed by atoms with Gasteiger partial charge in [-0.2, -0.15) is 0 Å². The number of benzene rings is 2. The summed E-state index contributed by atoms with van der Waals surface area (Å²) in [5, 5.41) is 27.4. The standard InChI is InChI=1S/C44H59N3O8/c1-6-24-52-44-38(47(5)41(50)30-18-19-30)27-36(46-55-43(2,3)4)34-25-31(16-10-12-22-48)33(17-11-13-23-49)39(40(34)44)35-26-32(20-21-37(35)54-44)53-42(51)45-28-29-14-8-7-9-15-29/h6-9,14-15,20-21,25-26,30-31,33,38-40,48-49H,1,10-13,16-19,22-24,27-28H2,2-5H3,(H,45,51)/t31-,33+,38-,39+,40+,44+/m0/s1. The average molecular weight is 758 g/mol. The first-order chi connectivity index (χ1) is 26.5. The lowest BCUT2D eigenvalue weighted by Crippen LogP contribution is -2.69. The molecule has 3 N–H and O–H groups in total. The molecular weight excluding hydrogens is 698 g/mol. The Morgan fingerprint density at radius 1 is 1.05 bits per heavy atom. The van der Waals surface area contributed by atoms with Gasteiger partial charge >= 0.3 is 6.09 Å². The first-order valence-corrected chi connectivity index (χ1v) is 20.0. The molecule has 0 saturated heterocycles. The Bertz CT molecular complexity index is 1720. The summed E-state index contributed by atoms with van der Waals surface area (Å²) in [5.74, 6) is -0.783. The number of carbonyl (C=O) groups is 2. The normalized spacial score (nSPS) is 26.2. The monoisotopic (exact) mass is 757 g/mol. The van der Waals surface area contributed by atoms with Crippen LogP contribution in [0.15, 0.2) is 78.0 Å². The summed E-state index contributed by atoms with van der Waals surface area (Å²) < 4.78 is 20.0. The van der Waals surface area contributed by atoms with Crippen molar-refractivity contribution in [1.82, 2.24) is 10.2 Å². The zero-order valence-electron chi connectivity index (χ0n) is 32.9. The van der Waals surface area contributed by atoms with Crippen LogP contribution in [0.4, 0.5) is 4.79 Å². The topological polar surface area (TPSA) is 139 Å². The lowest BCUT2D eigenvalue weighted by Gasteiger charge is -2.59. The molecule has 2 saturated carbocycles. The van der Waals surface area contributed by atoms with E-state index in [4.69, 9.17) is 24.2 Å². The summed E-state index contributed by atoms with van der Waals surface area (Å²) in [6.07, 6.45) is 10.2. The molecule has 0 unspecified atom stereocenters. The molecule has 0 aromatic heterocycles. The molecule has 0 bridgehead atoms. The van der Waals surface area contributed by atoms with E-state index in [1.54, 1.807) is 12.1 Å². The van der Waals surface area contributed by atoms with Gasteiger partial charge < -0.3 is 39.5 Å². The first-order valence-electron chi connectivity index (χ1n) is 20.0. The number of nitrogens with zero attached hydrogens (tertiary/aromatic N) is 2. The highest BCUT2D eigenvalue weighted by atomic mass is 16.7. The summed E-state index contributed by atoms with van der Waals surface area (Å²) in [4.78, 5) is 35.0. The van der Waals surface area contributed by atoms with E-state index in [0.29, 0.717) is 37.3 Å². The highest BCUT2D eigenvalue weighted by Gasteiger charge is 2.65. The zero-order valence-corrected chi connectivity index (χ0v) is 32.9. The number of likely N-dealkylation sites (N-methyl/N-ethyl adjacent to an activating group) is 1. The third kappa shape index (κ3) is 9.27. The predicted molar refractivity (Wildman–Crippen MR) is 211 cm³/mol. The number of rotatable bonds is 17. The molecule has 11 nitrogen and oxygen atoms in total. The van der Waals surface area contributed by atoms with Crippen LogP contribution in [0.5, 0.6) is 11.5 Å². The van der Waals surface area contributed by atoms with E-state index in [1.807, 2.05) is 75.2 Å². The van der Waals surface area contributed by atoms with Crippen molar-refractivity contribution in [2.75, 3.05) is 26.9 Å². The molecule has 0 radical (unpaired) electrons. The van der Waals surface area contributed by atoms with Gasteiger partial charge in [-0.05, 0) is 100 Å². The van der Waals surface area contributed by atoms with Crippen molar-refractivity contribution in [2.24, 2.45) is 28.8 Å². The fraction of sp³-hybridized carbons (Fsp3) is 0.568. The fourth-order valence-corrected chi connectivity index (χ4v) is 8.67. The Hall–Kier alpha value is -4.19. The zero-order chi connectivity index (χ0) is 39.2. The van der Waals surface area contributed by atoms with E-state index in [0.717, 1.165) is 60.9 Å². The van der Waals surface area contributed by atoms with Crippen molar-refractivity contribution in [1.29, 1.82) is 0 Å². The fourth-order valence-electron chi connectivity index (χ4n) is 8.67. The van der Waals surface area contributed by atoms with Gasteiger partial charge in [0.2, 0.25) is 11.7 Å². The number of hydrogen-bond donors (Lipinski definition) is 3. The predicted octanol–water partition coefficient (Wildman–Crippen LogP) is 7.28. The van der Waals surface area contributed by atoms with Crippen LogP contribution in [0.25, 0.3) is 0 Å². The van der Waals surface area contributed by atoms with E-state index in [2.05, 4.69) is 18.0 Å². The van der Waals surface area contributed by atoms with Crippen LogP contribution < -0.4 is 14.8 Å². The van der Waals surface area contributed by atoms with Gasteiger partial charge in [-0.3, -0.25) is 4.79 Å². The van der Waals surface area contributed by atoms with Crippen molar-refractivity contribution in [3.63, 3.8) is 0 Å². The molecule has 6 atom stereocenters. The van der Waals surface area contributed by atoms with Crippen LogP contribution in [-0.2, 0) is 20.9 Å². The highest BCUT2D eigenvalue weighted by molar-refractivity contribution is 6.03. The smallest absolute Gasteiger partial charge is 0.412 e. The number of oxime groups is 1. The van der Waals surface area contributed by atoms with Gasteiger partial charge in [-0.25, -0.2) is 4.79 Å². The largest absolute Gasteiger partial charge is 0.459 e. The maximum absolute atomic E-state index is 14.0. The molecule has 3 aliphatic carbocycles. The van der Waals surface area contributed by atoms with E-state index in [1.165, 1.54) is 0 Å². The number of hydrogen-bond acceptors (Lipinski definition) is 9. The Morgan fingerprint density at radius 2 is 1.78 bits per heavy atom. The van der Waals surface area contributed by atoms with Gasteiger partial charge in [0.05, 0.1) is 18.2 Å². The number of fused-ring (bicyclic) bond motifs is 2. The first kappa shape index (κ1) is 40.5. The Balaban J connectivity index is 1.50. The third-order valence-electron chi connectivity index (χ3n) is 11.3. The van der Waals surface area contributed by atoms with E-state index in [9.17, 15) is 19.8 Å². The molecule has 298 valence electrons. The van der Waals surface area contributed by atoms with Gasteiger partial charge in [0.25, 0.3) is 0 Å². The second-order valence-electron chi connectivity index (χ2n) is 16.4. The minimum atomic E-state index is -1.31. The minimum absolute atomic E-state index is 0.0301. The van der Waals surface area contributed by atoms with Gasteiger partial charge in [-0.15, -0.1) is 6.58 Å². The molecule has 2 fully saturated rings. The highest BCUT2D eigenvalue weighted by Crippen LogP contribution is 2.62. The van der Waals surface area contributed by atoms with Crippen LogP contribution in [0.2, 0.25) is 0 Å². The van der Waals surface area contributed by atoms with E-state index < -0.39 is 29.4 Å². The van der Waals surface area contributed by atoms with Crippen molar-refractivity contribution in [2.45, 2.75) is 108 Å². The molecule has 11 heteroatoms. The summed E-state index contributed by atoms with van der Waals surface area (Å²) in [7, 11) is 1.85.